The van der Waals surface area contributed by atoms with Crippen molar-refractivity contribution < 1.29 is 13.2 Å². The molecule has 1 aromatic rings. The van der Waals surface area contributed by atoms with Gasteiger partial charge >= 0.3 is 0 Å². The van der Waals surface area contributed by atoms with E-state index in [-0.39, 0.29) is 35.9 Å². The predicted molar refractivity (Wildman–Crippen MR) is 124 cm³/mol. The van der Waals surface area contributed by atoms with Gasteiger partial charge in [0, 0.05) is 45.7 Å². The van der Waals surface area contributed by atoms with Gasteiger partial charge in [-0.15, -0.1) is 35.3 Å². The molecular weight excluding hydrogens is 513 g/mol. The summed E-state index contributed by atoms with van der Waals surface area (Å²) in [6.07, 6.45) is 1.40. The summed E-state index contributed by atoms with van der Waals surface area (Å²) in [5.41, 5.74) is 0. The molecule has 1 aliphatic heterocycles. The molecule has 2 heterocycles. The van der Waals surface area contributed by atoms with Crippen LogP contribution in [0.1, 0.15) is 26.7 Å². The van der Waals surface area contributed by atoms with Gasteiger partial charge in [-0.3, -0.25) is 9.79 Å². The van der Waals surface area contributed by atoms with Crippen LogP contribution in [0.15, 0.2) is 26.7 Å². The standard InChI is InChI=1S/C17H29N5O3S2.HI/c1-4-15(23)22-10-8-14(13-22)20-17(18-5-2)19-9-11-21(3)27(24,25)16-7-6-12-26-16;/h6-7,12,14H,4-5,8-11,13H2,1-3H3,(H2,18,19,20);1H. The SMILES string of the molecule is CCNC(=NCCN(C)S(=O)(=O)c1cccs1)NC1CCN(C(=O)CC)C1.I. The molecule has 1 saturated heterocycles. The molecule has 28 heavy (non-hydrogen) atoms. The summed E-state index contributed by atoms with van der Waals surface area (Å²) in [6, 6.07) is 3.49. The lowest BCUT2D eigenvalue weighted by Gasteiger charge is -2.19. The highest BCUT2D eigenvalue weighted by molar-refractivity contribution is 14.0. The van der Waals surface area contributed by atoms with Crippen molar-refractivity contribution in [2.45, 2.75) is 36.9 Å². The summed E-state index contributed by atoms with van der Waals surface area (Å²) in [7, 11) is -1.88. The third-order valence-corrected chi connectivity index (χ3v) is 7.60. The minimum Gasteiger partial charge on any atom is -0.357 e. The summed E-state index contributed by atoms with van der Waals surface area (Å²) in [4.78, 5) is 18.2. The van der Waals surface area contributed by atoms with E-state index in [4.69, 9.17) is 0 Å². The van der Waals surface area contributed by atoms with E-state index in [9.17, 15) is 13.2 Å². The number of thiophene rings is 1. The lowest BCUT2D eigenvalue weighted by atomic mass is 10.3. The maximum atomic E-state index is 12.4. The minimum atomic E-state index is -3.45. The first-order valence-electron chi connectivity index (χ1n) is 9.21. The van der Waals surface area contributed by atoms with Crippen LogP contribution >= 0.6 is 35.3 Å². The molecule has 0 spiro atoms. The lowest BCUT2D eigenvalue weighted by Crippen LogP contribution is -2.45. The van der Waals surface area contributed by atoms with Crippen molar-refractivity contribution in [3.8, 4) is 0 Å². The molecule has 1 unspecified atom stereocenters. The van der Waals surface area contributed by atoms with Crippen LogP contribution in [-0.4, -0.2) is 75.3 Å². The number of guanidine groups is 1. The summed E-state index contributed by atoms with van der Waals surface area (Å²) >= 11 is 1.21. The number of nitrogens with zero attached hydrogens (tertiary/aromatic N) is 3. The Labute approximate surface area is 188 Å². The quantitative estimate of drug-likeness (QED) is 0.295. The summed E-state index contributed by atoms with van der Waals surface area (Å²) < 4.78 is 26.5. The Balaban J connectivity index is 0.00000392. The highest BCUT2D eigenvalue weighted by atomic mass is 127. The van der Waals surface area contributed by atoms with Crippen LogP contribution in [0.25, 0.3) is 0 Å². The number of rotatable bonds is 8. The normalized spacial score (nSPS) is 17.5. The fourth-order valence-corrected chi connectivity index (χ4v) is 5.19. The molecule has 2 rings (SSSR count). The Hall–Kier alpha value is -0.920. The van der Waals surface area contributed by atoms with Crippen molar-refractivity contribution in [3.05, 3.63) is 17.5 Å². The fourth-order valence-electron chi connectivity index (χ4n) is 2.83. The Morgan fingerprint density at radius 3 is 2.79 bits per heavy atom. The molecule has 8 nitrogen and oxygen atoms in total. The second-order valence-corrected chi connectivity index (χ2v) is 9.56. The number of hydrogen-bond donors (Lipinski definition) is 2. The average molecular weight is 543 g/mol. The molecule has 11 heteroatoms. The molecule has 2 N–H and O–H groups in total. The maximum Gasteiger partial charge on any atom is 0.252 e. The predicted octanol–water partition coefficient (Wildman–Crippen LogP) is 1.55. The Kier molecular flexibility index (Phi) is 10.7. The lowest BCUT2D eigenvalue weighted by molar-refractivity contribution is -0.129. The summed E-state index contributed by atoms with van der Waals surface area (Å²) in [6.45, 7) is 6.62. The van der Waals surface area contributed by atoms with Crippen molar-refractivity contribution in [2.24, 2.45) is 4.99 Å². The summed E-state index contributed by atoms with van der Waals surface area (Å²) in [5.74, 6) is 0.817. The largest absolute Gasteiger partial charge is 0.357 e. The number of carbonyl (C=O) groups excluding carboxylic acids is 1. The zero-order chi connectivity index (χ0) is 19.9. The van der Waals surface area contributed by atoms with Crippen LogP contribution in [0, 0.1) is 0 Å². The van der Waals surface area contributed by atoms with Crippen LogP contribution in [0.2, 0.25) is 0 Å². The molecule has 160 valence electrons. The molecule has 0 aromatic carbocycles. The molecule has 0 bridgehead atoms. The first kappa shape index (κ1) is 25.1. The van der Waals surface area contributed by atoms with Gasteiger partial charge < -0.3 is 15.5 Å². The topological polar surface area (TPSA) is 94.1 Å². The van der Waals surface area contributed by atoms with E-state index in [0.717, 1.165) is 13.0 Å². The zero-order valence-electron chi connectivity index (χ0n) is 16.6. The van der Waals surface area contributed by atoms with Crippen LogP contribution < -0.4 is 10.6 Å². The number of likely N-dealkylation sites (N-methyl/N-ethyl adjacent to an activating group) is 1. The van der Waals surface area contributed by atoms with Crippen molar-refractivity contribution in [1.82, 2.24) is 19.8 Å². The number of nitrogens with one attached hydrogen (secondary N) is 2. The van der Waals surface area contributed by atoms with Crippen LogP contribution in [0.5, 0.6) is 0 Å². The van der Waals surface area contributed by atoms with E-state index in [1.54, 1.807) is 24.6 Å². The van der Waals surface area contributed by atoms with E-state index in [1.165, 1.54) is 15.6 Å². The van der Waals surface area contributed by atoms with Crippen LogP contribution in [-0.2, 0) is 14.8 Å². The zero-order valence-corrected chi connectivity index (χ0v) is 20.5. The number of likely N-dealkylation sites (tertiary alicyclic amines) is 1. The maximum absolute atomic E-state index is 12.4. The van der Waals surface area contributed by atoms with E-state index >= 15 is 0 Å². The van der Waals surface area contributed by atoms with Gasteiger partial charge in [-0.05, 0) is 24.8 Å². The molecule has 0 aliphatic carbocycles. The molecule has 1 aromatic heterocycles. The molecule has 0 radical (unpaired) electrons. The third kappa shape index (κ3) is 6.85. The van der Waals surface area contributed by atoms with Crippen molar-refractivity contribution in [2.75, 3.05) is 39.8 Å². The number of halogens is 1. The Bertz CT molecular complexity index is 740. The highest BCUT2D eigenvalue weighted by Gasteiger charge is 2.26. The van der Waals surface area contributed by atoms with E-state index in [2.05, 4.69) is 15.6 Å². The van der Waals surface area contributed by atoms with Gasteiger partial charge in [0.2, 0.25) is 5.91 Å². The number of amides is 1. The van der Waals surface area contributed by atoms with Crippen LogP contribution in [0.4, 0.5) is 0 Å². The van der Waals surface area contributed by atoms with E-state index in [0.29, 0.717) is 42.8 Å². The fraction of sp³-hybridized carbons (Fsp3) is 0.647. The molecule has 1 aliphatic rings. The first-order chi connectivity index (χ1) is 12.9. The molecular formula is C17H30IN5O3S2. The average Bonchev–Trinajstić information content (AvgIpc) is 3.33. The van der Waals surface area contributed by atoms with Crippen molar-refractivity contribution in [3.63, 3.8) is 0 Å². The third-order valence-electron chi connectivity index (χ3n) is 4.37. The minimum absolute atomic E-state index is 0. The Morgan fingerprint density at radius 1 is 1.43 bits per heavy atom. The summed E-state index contributed by atoms with van der Waals surface area (Å²) in [5, 5.41) is 8.27. The van der Waals surface area contributed by atoms with Gasteiger partial charge in [0.25, 0.3) is 10.0 Å². The molecule has 1 amide bonds. The van der Waals surface area contributed by atoms with Gasteiger partial charge in [0.15, 0.2) is 5.96 Å². The van der Waals surface area contributed by atoms with Gasteiger partial charge in [0.1, 0.15) is 4.21 Å². The number of carbonyl (C=O) groups is 1. The molecule has 1 fully saturated rings. The monoisotopic (exact) mass is 543 g/mol. The van der Waals surface area contributed by atoms with Gasteiger partial charge in [-0.25, -0.2) is 8.42 Å². The van der Waals surface area contributed by atoms with E-state index < -0.39 is 10.0 Å². The number of hydrogen-bond acceptors (Lipinski definition) is 5. The van der Waals surface area contributed by atoms with Crippen molar-refractivity contribution in [1.29, 1.82) is 0 Å². The Morgan fingerprint density at radius 2 is 2.18 bits per heavy atom. The van der Waals surface area contributed by atoms with E-state index in [1.807, 2.05) is 18.7 Å². The molecule has 1 atom stereocenters. The number of aliphatic imine (C=N–C) groups is 1. The second kappa shape index (κ2) is 11.9. The van der Waals surface area contributed by atoms with Crippen LogP contribution in [0.3, 0.4) is 0 Å². The number of sulfonamides is 1. The van der Waals surface area contributed by atoms with Gasteiger partial charge in [0.05, 0.1) is 6.54 Å². The molecule has 0 saturated carbocycles. The van der Waals surface area contributed by atoms with Crippen molar-refractivity contribution >= 4 is 57.2 Å². The highest BCUT2D eigenvalue weighted by Crippen LogP contribution is 2.19. The second-order valence-electron chi connectivity index (χ2n) is 6.34. The van der Waals surface area contributed by atoms with Gasteiger partial charge in [-0.2, -0.15) is 4.31 Å². The smallest absolute Gasteiger partial charge is 0.252 e. The first-order valence-corrected chi connectivity index (χ1v) is 11.5. The van der Waals surface area contributed by atoms with Gasteiger partial charge in [-0.1, -0.05) is 13.0 Å².